The third-order valence-electron chi connectivity index (χ3n) is 3.58. The molecule has 20 heavy (non-hydrogen) atoms. The molecule has 0 bridgehead atoms. The van der Waals surface area contributed by atoms with E-state index < -0.39 is 10.0 Å². The summed E-state index contributed by atoms with van der Waals surface area (Å²) in [5, 5.41) is 0.331. The summed E-state index contributed by atoms with van der Waals surface area (Å²) in [6.07, 6.45) is 3.47. The van der Waals surface area contributed by atoms with Gasteiger partial charge in [-0.1, -0.05) is 11.6 Å². The summed E-state index contributed by atoms with van der Waals surface area (Å²) < 4.78 is 27.1. The lowest BCUT2D eigenvalue weighted by molar-refractivity contribution is 0.211. The fourth-order valence-corrected chi connectivity index (χ4v) is 3.68. The Hall–Kier alpha value is -0.690. The second-order valence-corrected chi connectivity index (χ2v) is 7.53. The molecule has 2 rings (SSSR count). The molecule has 0 aliphatic carbocycles. The molecule has 1 saturated heterocycles. The van der Waals surface area contributed by atoms with E-state index >= 15 is 0 Å². The summed E-state index contributed by atoms with van der Waals surface area (Å²) in [4.78, 5) is 6.29. The van der Waals surface area contributed by atoms with E-state index in [4.69, 9.17) is 11.6 Å². The molecule has 1 N–H and O–H groups in total. The Morgan fingerprint density at radius 3 is 2.95 bits per heavy atom. The number of aryl methyl sites for hydroxylation is 1. The first-order valence-electron chi connectivity index (χ1n) is 6.69. The molecule has 1 aliphatic rings. The van der Waals surface area contributed by atoms with Crippen LogP contribution in [-0.2, 0) is 10.0 Å². The lowest BCUT2D eigenvalue weighted by Gasteiger charge is -2.29. The van der Waals surface area contributed by atoms with Crippen molar-refractivity contribution in [1.82, 2.24) is 14.6 Å². The van der Waals surface area contributed by atoms with Crippen molar-refractivity contribution in [3.05, 3.63) is 23.0 Å². The molecule has 0 saturated carbocycles. The van der Waals surface area contributed by atoms with Gasteiger partial charge in [0.05, 0.1) is 0 Å². The Labute approximate surface area is 125 Å². The van der Waals surface area contributed by atoms with Gasteiger partial charge in [-0.05, 0) is 50.9 Å². The number of halogens is 1. The number of nitrogens with one attached hydrogen (secondary N) is 1. The van der Waals surface area contributed by atoms with Crippen LogP contribution >= 0.6 is 11.6 Å². The van der Waals surface area contributed by atoms with Crippen LogP contribution in [0.1, 0.15) is 18.4 Å². The van der Waals surface area contributed by atoms with Gasteiger partial charge < -0.3 is 4.90 Å². The number of nitrogens with zero attached hydrogens (tertiary/aromatic N) is 2. The summed E-state index contributed by atoms with van der Waals surface area (Å²) in [5.74, 6) is 0.366. The largest absolute Gasteiger partial charge is 0.306 e. The zero-order valence-corrected chi connectivity index (χ0v) is 13.3. The molecular weight excluding hydrogens is 298 g/mol. The molecule has 1 atom stereocenters. The minimum atomic E-state index is -3.51. The van der Waals surface area contributed by atoms with Crippen LogP contribution in [0.25, 0.3) is 0 Å². The van der Waals surface area contributed by atoms with Gasteiger partial charge in [0.2, 0.25) is 10.0 Å². The highest BCUT2D eigenvalue weighted by molar-refractivity contribution is 7.89. The van der Waals surface area contributed by atoms with Crippen LogP contribution < -0.4 is 4.72 Å². The van der Waals surface area contributed by atoms with Gasteiger partial charge in [0.15, 0.2) is 0 Å². The van der Waals surface area contributed by atoms with Gasteiger partial charge in [-0.3, -0.25) is 0 Å². The molecule has 2 heterocycles. The zero-order chi connectivity index (χ0) is 14.8. The molecule has 1 unspecified atom stereocenters. The van der Waals surface area contributed by atoms with Crippen LogP contribution in [0.4, 0.5) is 0 Å². The Balaban J connectivity index is 2.01. The molecule has 0 radical (unpaired) electrons. The second kappa shape index (κ2) is 6.39. The van der Waals surface area contributed by atoms with Crippen molar-refractivity contribution in [2.75, 3.05) is 26.7 Å². The van der Waals surface area contributed by atoms with Gasteiger partial charge >= 0.3 is 0 Å². The molecule has 1 aromatic heterocycles. The number of rotatable bonds is 4. The average Bonchev–Trinajstić information content (AvgIpc) is 2.40. The smallest absolute Gasteiger partial charge is 0.242 e. The number of pyridine rings is 1. The van der Waals surface area contributed by atoms with Crippen molar-refractivity contribution in [3.63, 3.8) is 0 Å². The maximum Gasteiger partial charge on any atom is 0.242 e. The first-order chi connectivity index (χ1) is 9.38. The highest BCUT2D eigenvalue weighted by atomic mass is 35.5. The third-order valence-corrected chi connectivity index (χ3v) is 5.37. The van der Waals surface area contributed by atoms with Crippen molar-refractivity contribution in [3.8, 4) is 0 Å². The summed E-state index contributed by atoms with van der Waals surface area (Å²) in [5.41, 5.74) is 0.659. The van der Waals surface area contributed by atoms with E-state index in [0.717, 1.165) is 25.9 Å². The molecular formula is C13H20ClN3O2S. The molecule has 0 spiro atoms. The Morgan fingerprint density at radius 1 is 1.55 bits per heavy atom. The van der Waals surface area contributed by atoms with E-state index in [1.165, 1.54) is 6.20 Å². The number of aromatic nitrogens is 1. The molecule has 0 amide bonds. The molecule has 0 aromatic carbocycles. The van der Waals surface area contributed by atoms with E-state index in [0.29, 0.717) is 23.2 Å². The summed E-state index contributed by atoms with van der Waals surface area (Å²) in [6.45, 7) is 4.22. The van der Waals surface area contributed by atoms with Crippen LogP contribution in [0.5, 0.6) is 0 Å². The first-order valence-corrected chi connectivity index (χ1v) is 8.55. The minimum absolute atomic E-state index is 0.170. The molecule has 5 nitrogen and oxygen atoms in total. The molecule has 1 fully saturated rings. The SMILES string of the molecule is Cc1cc(S(=O)(=O)NCC2CCCN(C)C2)cnc1Cl. The highest BCUT2D eigenvalue weighted by Gasteiger charge is 2.21. The molecule has 1 aliphatic heterocycles. The lowest BCUT2D eigenvalue weighted by Crippen LogP contribution is -2.39. The van der Waals surface area contributed by atoms with E-state index in [1.54, 1.807) is 13.0 Å². The van der Waals surface area contributed by atoms with Crippen LogP contribution in [0.15, 0.2) is 17.2 Å². The number of hydrogen-bond acceptors (Lipinski definition) is 4. The van der Waals surface area contributed by atoms with Gasteiger partial charge in [-0.2, -0.15) is 0 Å². The highest BCUT2D eigenvalue weighted by Crippen LogP contribution is 2.18. The van der Waals surface area contributed by atoms with Gasteiger partial charge in [-0.15, -0.1) is 0 Å². The van der Waals surface area contributed by atoms with Gasteiger partial charge in [0.25, 0.3) is 0 Å². The Bertz CT molecular complexity index is 577. The lowest BCUT2D eigenvalue weighted by atomic mass is 9.99. The van der Waals surface area contributed by atoms with Crippen molar-refractivity contribution >= 4 is 21.6 Å². The predicted molar refractivity (Wildman–Crippen MR) is 79.4 cm³/mol. The van der Waals surface area contributed by atoms with Crippen molar-refractivity contribution in [2.45, 2.75) is 24.7 Å². The van der Waals surface area contributed by atoms with Gasteiger partial charge in [0, 0.05) is 19.3 Å². The summed E-state index contributed by atoms with van der Waals surface area (Å²) in [6, 6.07) is 1.55. The zero-order valence-electron chi connectivity index (χ0n) is 11.8. The third kappa shape index (κ3) is 3.91. The summed E-state index contributed by atoms with van der Waals surface area (Å²) >= 11 is 5.81. The Kier molecular flexibility index (Phi) is 5.01. The van der Waals surface area contributed by atoms with E-state index in [-0.39, 0.29) is 4.90 Å². The number of likely N-dealkylation sites (tertiary alicyclic amines) is 1. The number of hydrogen-bond donors (Lipinski definition) is 1. The maximum absolute atomic E-state index is 12.2. The van der Waals surface area contributed by atoms with Crippen LogP contribution in [0, 0.1) is 12.8 Å². The van der Waals surface area contributed by atoms with E-state index in [1.807, 2.05) is 0 Å². The average molecular weight is 318 g/mol. The van der Waals surface area contributed by atoms with E-state index in [9.17, 15) is 8.42 Å². The fourth-order valence-electron chi connectivity index (χ4n) is 2.43. The monoisotopic (exact) mass is 317 g/mol. The quantitative estimate of drug-likeness (QED) is 0.858. The predicted octanol–water partition coefficient (Wildman–Crippen LogP) is 1.66. The first kappa shape index (κ1) is 15.7. The standard InChI is InChI=1S/C13H20ClN3O2S/c1-10-6-12(8-15-13(10)14)20(18,19)16-7-11-4-3-5-17(2)9-11/h6,8,11,16H,3-5,7,9H2,1-2H3. The molecule has 112 valence electrons. The minimum Gasteiger partial charge on any atom is -0.306 e. The maximum atomic E-state index is 12.2. The molecule has 7 heteroatoms. The van der Waals surface area contributed by atoms with Crippen LogP contribution in [0.3, 0.4) is 0 Å². The van der Waals surface area contributed by atoms with Crippen molar-refractivity contribution in [1.29, 1.82) is 0 Å². The van der Waals surface area contributed by atoms with Gasteiger partial charge in [-0.25, -0.2) is 18.1 Å². The fraction of sp³-hybridized carbons (Fsp3) is 0.615. The van der Waals surface area contributed by atoms with Crippen LogP contribution in [0.2, 0.25) is 5.15 Å². The molecule has 1 aromatic rings. The van der Waals surface area contributed by atoms with Crippen molar-refractivity contribution < 1.29 is 8.42 Å². The topological polar surface area (TPSA) is 62.3 Å². The summed E-state index contributed by atoms with van der Waals surface area (Å²) in [7, 11) is -1.44. The van der Waals surface area contributed by atoms with E-state index in [2.05, 4.69) is 21.7 Å². The number of piperidine rings is 1. The Morgan fingerprint density at radius 2 is 2.30 bits per heavy atom. The van der Waals surface area contributed by atoms with Crippen LogP contribution in [-0.4, -0.2) is 45.0 Å². The van der Waals surface area contributed by atoms with Crippen molar-refractivity contribution in [2.24, 2.45) is 5.92 Å². The number of sulfonamides is 1. The normalized spacial score (nSPS) is 21.1. The van der Waals surface area contributed by atoms with Gasteiger partial charge in [0.1, 0.15) is 10.0 Å². The second-order valence-electron chi connectivity index (χ2n) is 5.40.